The number of oxazole rings is 1. The van der Waals surface area contributed by atoms with Crippen LogP contribution in [0.15, 0.2) is 53.5 Å². The maximum absolute atomic E-state index is 13.3. The quantitative estimate of drug-likeness (QED) is 0.787. The molecule has 1 N–H and O–H groups in total. The van der Waals surface area contributed by atoms with Crippen LogP contribution in [0, 0.1) is 5.82 Å². The summed E-state index contributed by atoms with van der Waals surface area (Å²) in [6.45, 7) is 0.664. The molecule has 1 aliphatic carbocycles. The lowest BCUT2D eigenvalue weighted by Gasteiger charge is -2.12. The predicted molar refractivity (Wildman–Crippen MR) is 77.8 cm³/mol. The van der Waals surface area contributed by atoms with Crippen LogP contribution >= 0.6 is 0 Å². The van der Waals surface area contributed by atoms with Crippen LogP contribution in [0.2, 0.25) is 0 Å². The van der Waals surface area contributed by atoms with Crippen molar-refractivity contribution in [2.24, 2.45) is 0 Å². The van der Waals surface area contributed by atoms with Crippen molar-refractivity contribution < 1.29 is 8.81 Å². The molecule has 0 spiro atoms. The van der Waals surface area contributed by atoms with Gasteiger partial charge in [-0.05, 0) is 31.0 Å². The molecule has 3 aromatic rings. The van der Waals surface area contributed by atoms with E-state index in [4.69, 9.17) is 4.42 Å². The van der Waals surface area contributed by atoms with Gasteiger partial charge in [0.1, 0.15) is 12.1 Å². The van der Waals surface area contributed by atoms with Crippen molar-refractivity contribution in [3.05, 3.63) is 66.4 Å². The van der Waals surface area contributed by atoms with E-state index in [1.54, 1.807) is 29.4 Å². The van der Waals surface area contributed by atoms with Crippen LogP contribution < -0.4 is 5.32 Å². The van der Waals surface area contributed by atoms with Crippen molar-refractivity contribution in [2.45, 2.75) is 24.9 Å². The topological polar surface area (TPSA) is 55.9 Å². The Balaban J connectivity index is 1.47. The molecule has 0 radical (unpaired) electrons. The highest BCUT2D eigenvalue weighted by Gasteiger charge is 2.48. The van der Waals surface area contributed by atoms with Crippen LogP contribution in [-0.4, -0.2) is 14.8 Å². The second kappa shape index (κ2) is 5.06. The standard InChI is InChI=1S/C16H15FN4O/c17-13-2-1-3-14(8-13)21-11-12(10-20-21)9-19-16(4-5-16)15-18-6-7-22-15/h1-3,6-8,10-11,19H,4-5,9H2. The average molecular weight is 298 g/mol. The Kier molecular flexibility index (Phi) is 3.04. The summed E-state index contributed by atoms with van der Waals surface area (Å²) in [5.74, 6) is 0.471. The molecule has 0 bridgehead atoms. The largest absolute Gasteiger partial charge is 0.447 e. The Morgan fingerprint density at radius 3 is 3.00 bits per heavy atom. The van der Waals surface area contributed by atoms with Gasteiger partial charge in [0, 0.05) is 18.3 Å². The van der Waals surface area contributed by atoms with Crippen molar-refractivity contribution in [2.75, 3.05) is 0 Å². The number of nitrogens with one attached hydrogen (secondary N) is 1. The van der Waals surface area contributed by atoms with Gasteiger partial charge in [-0.25, -0.2) is 14.1 Å². The van der Waals surface area contributed by atoms with E-state index in [1.165, 1.54) is 12.1 Å². The third kappa shape index (κ3) is 2.42. The van der Waals surface area contributed by atoms with Gasteiger partial charge in [0.2, 0.25) is 5.89 Å². The molecule has 1 aromatic carbocycles. The third-order valence-corrected chi connectivity index (χ3v) is 3.93. The highest BCUT2D eigenvalue weighted by Crippen LogP contribution is 2.44. The number of rotatable bonds is 5. The Morgan fingerprint density at radius 1 is 1.36 bits per heavy atom. The zero-order valence-corrected chi connectivity index (χ0v) is 11.9. The molecule has 1 aliphatic rings. The van der Waals surface area contributed by atoms with Crippen LogP contribution in [0.25, 0.3) is 5.69 Å². The molecule has 0 amide bonds. The van der Waals surface area contributed by atoms with E-state index in [9.17, 15) is 4.39 Å². The molecule has 0 saturated heterocycles. The number of hydrogen-bond acceptors (Lipinski definition) is 4. The minimum atomic E-state index is -0.270. The first-order valence-electron chi connectivity index (χ1n) is 7.20. The minimum absolute atomic E-state index is 0.134. The highest BCUT2D eigenvalue weighted by atomic mass is 19.1. The summed E-state index contributed by atoms with van der Waals surface area (Å²) in [5, 5.41) is 7.76. The van der Waals surface area contributed by atoms with Gasteiger partial charge >= 0.3 is 0 Å². The van der Waals surface area contributed by atoms with Gasteiger partial charge in [0.15, 0.2) is 0 Å². The number of aromatic nitrogens is 3. The Hall–Kier alpha value is -2.47. The Morgan fingerprint density at radius 2 is 2.27 bits per heavy atom. The van der Waals surface area contributed by atoms with Crippen molar-refractivity contribution in [1.29, 1.82) is 0 Å². The van der Waals surface area contributed by atoms with E-state index in [1.807, 2.05) is 12.3 Å². The fraction of sp³-hybridized carbons (Fsp3) is 0.250. The summed E-state index contributed by atoms with van der Waals surface area (Å²) < 4.78 is 20.3. The van der Waals surface area contributed by atoms with E-state index in [2.05, 4.69) is 15.4 Å². The second-order valence-electron chi connectivity index (χ2n) is 5.55. The maximum Gasteiger partial charge on any atom is 0.214 e. The zero-order valence-electron chi connectivity index (χ0n) is 11.9. The van der Waals surface area contributed by atoms with E-state index >= 15 is 0 Å². The van der Waals surface area contributed by atoms with Gasteiger partial charge in [-0.3, -0.25) is 5.32 Å². The van der Waals surface area contributed by atoms with Crippen LogP contribution in [0.4, 0.5) is 4.39 Å². The molecule has 2 aromatic heterocycles. The third-order valence-electron chi connectivity index (χ3n) is 3.93. The van der Waals surface area contributed by atoms with E-state index in [-0.39, 0.29) is 11.4 Å². The molecular weight excluding hydrogens is 283 g/mol. The predicted octanol–water partition coefficient (Wildman–Crippen LogP) is 2.78. The normalized spacial score (nSPS) is 15.9. The van der Waals surface area contributed by atoms with Gasteiger partial charge in [-0.1, -0.05) is 6.07 Å². The smallest absolute Gasteiger partial charge is 0.214 e. The van der Waals surface area contributed by atoms with Crippen molar-refractivity contribution in [3.8, 4) is 5.69 Å². The van der Waals surface area contributed by atoms with Crippen LogP contribution in [0.1, 0.15) is 24.3 Å². The van der Waals surface area contributed by atoms with Crippen LogP contribution in [-0.2, 0) is 12.1 Å². The number of benzene rings is 1. The lowest BCUT2D eigenvalue weighted by Crippen LogP contribution is -2.28. The molecule has 112 valence electrons. The molecule has 0 atom stereocenters. The van der Waals surface area contributed by atoms with Gasteiger partial charge in [-0.15, -0.1) is 0 Å². The zero-order chi connectivity index (χ0) is 15.0. The molecule has 2 heterocycles. The number of hydrogen-bond donors (Lipinski definition) is 1. The first-order valence-corrected chi connectivity index (χ1v) is 7.20. The van der Waals surface area contributed by atoms with Crippen LogP contribution in [0.3, 0.4) is 0 Å². The SMILES string of the molecule is Fc1cccc(-n2cc(CNC3(c4ncco4)CC3)cn2)c1. The monoisotopic (exact) mass is 298 g/mol. The first-order chi connectivity index (χ1) is 10.8. The lowest BCUT2D eigenvalue weighted by molar-refractivity contribution is 0.380. The molecule has 4 rings (SSSR count). The average Bonchev–Trinajstić information content (AvgIpc) is 2.96. The van der Waals surface area contributed by atoms with Gasteiger partial charge in [0.25, 0.3) is 0 Å². The van der Waals surface area contributed by atoms with Crippen molar-refractivity contribution in [3.63, 3.8) is 0 Å². The summed E-state index contributed by atoms with van der Waals surface area (Å²) in [6, 6.07) is 6.37. The summed E-state index contributed by atoms with van der Waals surface area (Å²) in [5.41, 5.74) is 1.60. The molecule has 22 heavy (non-hydrogen) atoms. The summed E-state index contributed by atoms with van der Waals surface area (Å²) in [4.78, 5) is 4.23. The van der Waals surface area contributed by atoms with Crippen LogP contribution in [0.5, 0.6) is 0 Å². The molecule has 6 heteroatoms. The van der Waals surface area contributed by atoms with Crippen molar-refractivity contribution in [1.82, 2.24) is 20.1 Å². The highest BCUT2D eigenvalue weighted by molar-refractivity contribution is 5.31. The van der Waals surface area contributed by atoms with E-state index in [0.717, 1.165) is 24.3 Å². The van der Waals surface area contributed by atoms with E-state index < -0.39 is 0 Å². The molecule has 1 saturated carbocycles. The molecular formula is C16H15FN4O. The Bertz CT molecular complexity index is 777. The number of nitrogens with zero attached hydrogens (tertiary/aromatic N) is 3. The molecule has 0 aliphatic heterocycles. The van der Waals surface area contributed by atoms with Gasteiger partial charge < -0.3 is 4.42 Å². The first kappa shape index (κ1) is 13.2. The minimum Gasteiger partial charge on any atom is -0.447 e. The Labute approximate surface area is 126 Å². The summed E-state index contributed by atoms with van der Waals surface area (Å²) in [7, 11) is 0. The fourth-order valence-corrected chi connectivity index (χ4v) is 2.53. The van der Waals surface area contributed by atoms with Gasteiger partial charge in [0.05, 0.1) is 23.6 Å². The number of halogens is 1. The maximum atomic E-state index is 13.3. The molecule has 5 nitrogen and oxygen atoms in total. The van der Waals surface area contributed by atoms with Gasteiger partial charge in [-0.2, -0.15) is 5.10 Å². The summed E-state index contributed by atoms with van der Waals surface area (Å²) in [6.07, 6.45) is 8.98. The van der Waals surface area contributed by atoms with E-state index in [0.29, 0.717) is 12.2 Å². The molecule has 0 unspecified atom stereocenters. The second-order valence-corrected chi connectivity index (χ2v) is 5.55. The van der Waals surface area contributed by atoms with Crippen molar-refractivity contribution >= 4 is 0 Å². The fourth-order valence-electron chi connectivity index (χ4n) is 2.53. The molecule has 1 fully saturated rings. The summed E-state index contributed by atoms with van der Waals surface area (Å²) >= 11 is 0. The lowest BCUT2D eigenvalue weighted by atomic mass is 10.2.